The Hall–Kier alpha value is -1.47. The van der Waals surface area contributed by atoms with Crippen molar-refractivity contribution in [1.29, 1.82) is 0 Å². The van der Waals surface area contributed by atoms with E-state index in [-0.39, 0.29) is 17.3 Å². The van der Waals surface area contributed by atoms with E-state index in [1.54, 1.807) is 6.92 Å². The molecule has 1 aromatic heterocycles. The van der Waals surface area contributed by atoms with Crippen LogP contribution in [0.5, 0.6) is 0 Å². The van der Waals surface area contributed by atoms with Crippen LogP contribution in [0.2, 0.25) is 0 Å². The molecule has 0 aliphatic carbocycles. The summed E-state index contributed by atoms with van der Waals surface area (Å²) in [7, 11) is 0. The van der Waals surface area contributed by atoms with Crippen LogP contribution in [-0.4, -0.2) is 35.1 Å². The Labute approximate surface area is 96.5 Å². The summed E-state index contributed by atoms with van der Waals surface area (Å²) in [5.74, 6) is -1.20. The van der Waals surface area contributed by atoms with E-state index in [1.165, 1.54) is 0 Å². The van der Waals surface area contributed by atoms with Gasteiger partial charge in [0.25, 0.3) is 0 Å². The number of amides is 1. The number of aromatic nitrogens is 1. The number of aryl methyl sites for hydroxylation is 1. The Morgan fingerprint density at radius 3 is 2.75 bits per heavy atom. The quantitative estimate of drug-likeness (QED) is 0.662. The van der Waals surface area contributed by atoms with Gasteiger partial charge in [0.15, 0.2) is 0 Å². The van der Waals surface area contributed by atoms with Crippen molar-refractivity contribution in [3.05, 3.63) is 15.6 Å². The lowest BCUT2D eigenvalue weighted by atomic mass is 10.4. The van der Waals surface area contributed by atoms with E-state index >= 15 is 0 Å². The summed E-state index contributed by atoms with van der Waals surface area (Å²) < 4.78 is 0. The highest BCUT2D eigenvalue weighted by atomic mass is 32.1. The molecule has 16 heavy (non-hydrogen) atoms. The Bertz CT molecular complexity index is 403. The first kappa shape index (κ1) is 12.6. The predicted octanol–water partition coefficient (Wildman–Crippen LogP) is -0.233. The van der Waals surface area contributed by atoms with Gasteiger partial charge in [0, 0.05) is 13.0 Å². The molecule has 0 atom stereocenters. The molecule has 1 heterocycles. The van der Waals surface area contributed by atoms with E-state index in [2.05, 4.69) is 10.3 Å². The zero-order chi connectivity index (χ0) is 12.1. The molecule has 0 unspecified atom stereocenters. The van der Waals surface area contributed by atoms with Gasteiger partial charge in [-0.1, -0.05) is 0 Å². The number of nitrogens with two attached hydrogens (primary N) is 1. The molecule has 0 saturated carbocycles. The second kappa shape index (κ2) is 5.57. The molecule has 6 nitrogen and oxygen atoms in total. The molecule has 1 amide bonds. The third-order valence-corrected chi connectivity index (χ3v) is 3.09. The van der Waals surface area contributed by atoms with Crippen LogP contribution in [0.25, 0.3) is 0 Å². The van der Waals surface area contributed by atoms with E-state index in [1.807, 2.05) is 0 Å². The number of carboxylic acids is 1. The second-order valence-electron chi connectivity index (χ2n) is 3.13. The molecule has 0 aliphatic rings. The minimum absolute atomic E-state index is 0.0444. The Balaban J connectivity index is 2.52. The van der Waals surface area contributed by atoms with E-state index in [4.69, 9.17) is 10.8 Å². The maximum Gasteiger partial charge on any atom is 0.347 e. The zero-order valence-electron chi connectivity index (χ0n) is 8.82. The molecule has 1 aromatic rings. The Morgan fingerprint density at radius 1 is 1.56 bits per heavy atom. The Kier molecular flexibility index (Phi) is 4.39. The van der Waals surface area contributed by atoms with Crippen LogP contribution < -0.4 is 11.1 Å². The van der Waals surface area contributed by atoms with Crippen molar-refractivity contribution in [3.63, 3.8) is 0 Å². The number of nitrogens with zero attached hydrogens (tertiary/aromatic N) is 1. The summed E-state index contributed by atoms with van der Waals surface area (Å²) in [6.45, 7) is 2.03. The molecule has 0 spiro atoms. The van der Waals surface area contributed by atoms with Gasteiger partial charge in [-0.3, -0.25) is 4.79 Å². The maximum atomic E-state index is 10.8. The lowest BCUT2D eigenvalue weighted by Crippen LogP contribution is -2.31. The highest BCUT2D eigenvalue weighted by Crippen LogP contribution is 2.17. The molecule has 0 saturated heterocycles. The van der Waals surface area contributed by atoms with Crippen molar-refractivity contribution in [2.75, 3.05) is 13.1 Å². The van der Waals surface area contributed by atoms with Crippen LogP contribution in [-0.2, 0) is 11.2 Å². The van der Waals surface area contributed by atoms with Crippen LogP contribution in [0.15, 0.2) is 0 Å². The third-order valence-electron chi connectivity index (χ3n) is 1.88. The fourth-order valence-corrected chi connectivity index (χ4v) is 2.04. The average Bonchev–Trinajstić information content (AvgIpc) is 2.59. The van der Waals surface area contributed by atoms with E-state index < -0.39 is 5.97 Å². The normalized spacial score (nSPS) is 10.1. The number of carbonyl (C=O) groups is 2. The highest BCUT2D eigenvalue weighted by molar-refractivity contribution is 7.13. The van der Waals surface area contributed by atoms with Crippen molar-refractivity contribution in [1.82, 2.24) is 10.3 Å². The highest BCUT2D eigenvalue weighted by Gasteiger charge is 2.13. The molecule has 88 valence electrons. The number of carboxylic acid groups (broad SMARTS) is 1. The van der Waals surface area contributed by atoms with Gasteiger partial charge in [0.05, 0.1) is 17.2 Å². The van der Waals surface area contributed by atoms with Crippen molar-refractivity contribution < 1.29 is 14.7 Å². The minimum atomic E-state index is -0.966. The van der Waals surface area contributed by atoms with Crippen molar-refractivity contribution >= 4 is 23.2 Å². The summed E-state index contributed by atoms with van der Waals surface area (Å²) in [4.78, 5) is 25.9. The molecule has 1 rings (SSSR count). The fourth-order valence-electron chi connectivity index (χ4n) is 1.14. The van der Waals surface area contributed by atoms with Crippen LogP contribution in [0.4, 0.5) is 0 Å². The van der Waals surface area contributed by atoms with Gasteiger partial charge in [-0.25, -0.2) is 9.78 Å². The summed E-state index contributed by atoms with van der Waals surface area (Å²) in [6, 6.07) is 0. The molecule has 0 aliphatic heterocycles. The Morgan fingerprint density at radius 2 is 2.25 bits per heavy atom. The lowest BCUT2D eigenvalue weighted by molar-refractivity contribution is -0.119. The SMILES string of the molecule is Cc1nc(CCNC(=O)CN)sc1C(=O)O. The molecule has 0 fully saturated rings. The number of rotatable bonds is 5. The van der Waals surface area contributed by atoms with Gasteiger partial charge in [0.2, 0.25) is 5.91 Å². The van der Waals surface area contributed by atoms with Crippen molar-refractivity contribution in [2.24, 2.45) is 5.73 Å². The molecule has 7 heteroatoms. The van der Waals surface area contributed by atoms with E-state index in [0.717, 1.165) is 11.3 Å². The zero-order valence-corrected chi connectivity index (χ0v) is 9.63. The van der Waals surface area contributed by atoms with Gasteiger partial charge < -0.3 is 16.2 Å². The largest absolute Gasteiger partial charge is 0.477 e. The topological polar surface area (TPSA) is 105 Å². The maximum absolute atomic E-state index is 10.8. The van der Waals surface area contributed by atoms with Crippen molar-refractivity contribution in [2.45, 2.75) is 13.3 Å². The van der Waals surface area contributed by atoms with Gasteiger partial charge in [0.1, 0.15) is 4.88 Å². The molecule has 0 bridgehead atoms. The lowest BCUT2D eigenvalue weighted by Gasteiger charge is -1.99. The first-order valence-corrected chi connectivity index (χ1v) is 5.52. The smallest absolute Gasteiger partial charge is 0.347 e. The van der Waals surface area contributed by atoms with Gasteiger partial charge in [-0.15, -0.1) is 11.3 Å². The molecular weight excluding hydrogens is 230 g/mol. The standard InChI is InChI=1S/C9H13N3O3S/c1-5-8(9(14)15)16-7(12-5)2-3-11-6(13)4-10/h2-4,10H2,1H3,(H,11,13)(H,14,15). The van der Waals surface area contributed by atoms with Gasteiger partial charge in [-0.2, -0.15) is 0 Å². The summed E-state index contributed by atoms with van der Waals surface area (Å²) in [5, 5.41) is 12.1. The number of nitrogens with one attached hydrogen (secondary N) is 1. The summed E-state index contributed by atoms with van der Waals surface area (Å²) >= 11 is 1.13. The number of hydrogen-bond donors (Lipinski definition) is 3. The molecular formula is C9H13N3O3S. The van der Waals surface area contributed by atoms with Crippen LogP contribution >= 0.6 is 11.3 Å². The van der Waals surface area contributed by atoms with Crippen molar-refractivity contribution in [3.8, 4) is 0 Å². The predicted molar refractivity (Wildman–Crippen MR) is 59.6 cm³/mol. The monoisotopic (exact) mass is 243 g/mol. The molecule has 0 aromatic carbocycles. The minimum Gasteiger partial charge on any atom is -0.477 e. The number of carbonyl (C=O) groups excluding carboxylic acids is 1. The van der Waals surface area contributed by atoms with Crippen LogP contribution in [0.1, 0.15) is 20.4 Å². The fraction of sp³-hybridized carbons (Fsp3) is 0.444. The van der Waals surface area contributed by atoms with Gasteiger partial charge in [-0.05, 0) is 6.92 Å². The van der Waals surface area contributed by atoms with Gasteiger partial charge >= 0.3 is 5.97 Å². The third kappa shape index (κ3) is 3.28. The number of thiazole rings is 1. The van der Waals surface area contributed by atoms with E-state index in [0.29, 0.717) is 23.7 Å². The first-order valence-electron chi connectivity index (χ1n) is 4.71. The number of hydrogen-bond acceptors (Lipinski definition) is 5. The second-order valence-corrected chi connectivity index (χ2v) is 4.21. The first-order chi connectivity index (χ1) is 7.54. The van der Waals surface area contributed by atoms with E-state index in [9.17, 15) is 9.59 Å². The molecule has 4 N–H and O–H groups in total. The summed E-state index contributed by atoms with van der Waals surface area (Å²) in [5.41, 5.74) is 5.63. The number of aromatic carboxylic acids is 1. The molecule has 0 radical (unpaired) electrons. The summed E-state index contributed by atoms with van der Waals surface area (Å²) in [6.07, 6.45) is 0.518. The van der Waals surface area contributed by atoms with Crippen LogP contribution in [0, 0.1) is 6.92 Å². The van der Waals surface area contributed by atoms with Crippen LogP contribution in [0.3, 0.4) is 0 Å². The average molecular weight is 243 g/mol.